The number of aromatic nitrogens is 3. The monoisotopic (exact) mass is 297 g/mol. The van der Waals surface area contributed by atoms with Gasteiger partial charge < -0.3 is 15.4 Å². The van der Waals surface area contributed by atoms with Gasteiger partial charge in [-0.15, -0.1) is 11.3 Å². The number of rotatable bonds is 2. The van der Waals surface area contributed by atoms with E-state index < -0.39 is 0 Å². The van der Waals surface area contributed by atoms with E-state index in [2.05, 4.69) is 15.0 Å². The minimum absolute atomic E-state index is 0.219. The van der Waals surface area contributed by atoms with Crippen LogP contribution < -0.4 is 10.6 Å². The fraction of sp³-hybridized carbons (Fsp3) is 0.364. The maximum atomic E-state index is 5.93. The van der Waals surface area contributed by atoms with Gasteiger partial charge in [0.15, 0.2) is 5.82 Å². The van der Waals surface area contributed by atoms with E-state index in [0.717, 1.165) is 18.0 Å². The highest BCUT2D eigenvalue weighted by molar-refractivity contribution is 7.19. The lowest BCUT2D eigenvalue weighted by molar-refractivity contribution is 0.122. The van der Waals surface area contributed by atoms with Gasteiger partial charge in [-0.2, -0.15) is 15.0 Å². The number of hydrogen-bond donors (Lipinski definition) is 1. The number of nitrogen functional groups attached to an aromatic ring is 1. The van der Waals surface area contributed by atoms with Gasteiger partial charge in [-0.1, -0.05) is 11.6 Å². The second-order valence-corrected chi connectivity index (χ2v) is 5.74. The second kappa shape index (κ2) is 5.28. The number of anilines is 2. The molecule has 0 spiro atoms. The van der Waals surface area contributed by atoms with Gasteiger partial charge in [-0.05, 0) is 12.1 Å². The molecule has 2 aromatic heterocycles. The molecule has 1 aliphatic rings. The maximum Gasteiger partial charge on any atom is 0.230 e. The SMILES string of the molecule is Nc1nc(-c2ccc(Cl)s2)nc(N2CCOCC2)n1. The van der Waals surface area contributed by atoms with E-state index in [1.807, 2.05) is 17.0 Å². The van der Waals surface area contributed by atoms with Crippen molar-refractivity contribution in [3.8, 4) is 10.7 Å². The number of halogens is 1. The van der Waals surface area contributed by atoms with E-state index in [1.165, 1.54) is 11.3 Å². The summed E-state index contributed by atoms with van der Waals surface area (Å²) in [6, 6.07) is 3.70. The number of hydrogen-bond acceptors (Lipinski definition) is 7. The zero-order chi connectivity index (χ0) is 13.2. The van der Waals surface area contributed by atoms with Crippen molar-refractivity contribution < 1.29 is 4.74 Å². The number of ether oxygens (including phenoxy) is 1. The highest BCUT2D eigenvalue weighted by atomic mass is 35.5. The van der Waals surface area contributed by atoms with Crippen molar-refractivity contribution in [2.45, 2.75) is 0 Å². The lowest BCUT2D eigenvalue weighted by Gasteiger charge is -2.26. The first-order valence-corrected chi connectivity index (χ1v) is 7.02. The van der Waals surface area contributed by atoms with Gasteiger partial charge >= 0.3 is 0 Å². The average molecular weight is 298 g/mol. The van der Waals surface area contributed by atoms with Gasteiger partial charge in [0.05, 0.1) is 22.4 Å². The van der Waals surface area contributed by atoms with E-state index in [0.29, 0.717) is 29.3 Å². The standard InChI is InChI=1S/C11H12ClN5OS/c12-8-2-1-7(19-8)9-14-10(13)16-11(15-9)17-3-5-18-6-4-17/h1-2H,3-6H2,(H2,13,14,15,16). The van der Waals surface area contributed by atoms with Crippen molar-refractivity contribution in [1.29, 1.82) is 0 Å². The van der Waals surface area contributed by atoms with E-state index >= 15 is 0 Å². The van der Waals surface area contributed by atoms with Crippen LogP contribution in [0.15, 0.2) is 12.1 Å². The van der Waals surface area contributed by atoms with Crippen molar-refractivity contribution in [2.24, 2.45) is 0 Å². The lowest BCUT2D eigenvalue weighted by atomic mass is 10.4. The van der Waals surface area contributed by atoms with Crippen LogP contribution in [0.25, 0.3) is 10.7 Å². The zero-order valence-electron chi connectivity index (χ0n) is 10.0. The Labute approximate surface area is 119 Å². The summed E-state index contributed by atoms with van der Waals surface area (Å²) in [5.74, 6) is 1.37. The average Bonchev–Trinajstić information content (AvgIpc) is 2.86. The Morgan fingerprint density at radius 2 is 2.00 bits per heavy atom. The van der Waals surface area contributed by atoms with Crippen LogP contribution in [0.3, 0.4) is 0 Å². The molecule has 3 heterocycles. The molecule has 0 aromatic carbocycles. The fourth-order valence-electron chi connectivity index (χ4n) is 1.83. The number of thiophene rings is 1. The van der Waals surface area contributed by atoms with Crippen molar-refractivity contribution in [3.05, 3.63) is 16.5 Å². The minimum atomic E-state index is 0.219. The molecular weight excluding hydrogens is 286 g/mol. The molecule has 1 fully saturated rings. The Kier molecular flexibility index (Phi) is 3.50. The van der Waals surface area contributed by atoms with Gasteiger partial charge in [0.25, 0.3) is 0 Å². The summed E-state index contributed by atoms with van der Waals surface area (Å²) in [5, 5.41) is 0. The predicted molar refractivity (Wildman–Crippen MR) is 75.6 cm³/mol. The molecule has 0 radical (unpaired) electrons. The van der Waals surface area contributed by atoms with Gasteiger partial charge in [-0.3, -0.25) is 0 Å². The maximum absolute atomic E-state index is 5.93. The Morgan fingerprint density at radius 3 is 2.68 bits per heavy atom. The summed E-state index contributed by atoms with van der Waals surface area (Å²) in [4.78, 5) is 15.7. The minimum Gasteiger partial charge on any atom is -0.378 e. The first-order valence-electron chi connectivity index (χ1n) is 5.82. The van der Waals surface area contributed by atoms with Crippen molar-refractivity contribution in [1.82, 2.24) is 15.0 Å². The summed E-state index contributed by atoms with van der Waals surface area (Å²) >= 11 is 7.35. The summed E-state index contributed by atoms with van der Waals surface area (Å²) in [7, 11) is 0. The van der Waals surface area contributed by atoms with Crippen molar-refractivity contribution in [2.75, 3.05) is 36.9 Å². The summed E-state index contributed by atoms with van der Waals surface area (Å²) in [5.41, 5.74) is 5.76. The lowest BCUT2D eigenvalue weighted by Crippen LogP contribution is -2.37. The molecule has 0 atom stereocenters. The Balaban J connectivity index is 1.95. The molecule has 8 heteroatoms. The Morgan fingerprint density at radius 1 is 1.21 bits per heavy atom. The molecule has 2 aromatic rings. The topological polar surface area (TPSA) is 77.2 Å². The van der Waals surface area contributed by atoms with Gasteiger partial charge in [0.1, 0.15) is 0 Å². The normalized spacial score (nSPS) is 15.7. The van der Waals surface area contributed by atoms with Crippen LogP contribution in [-0.2, 0) is 4.74 Å². The zero-order valence-corrected chi connectivity index (χ0v) is 11.6. The largest absolute Gasteiger partial charge is 0.378 e. The number of nitrogens with two attached hydrogens (primary N) is 1. The molecule has 0 saturated carbocycles. The van der Waals surface area contributed by atoms with Crippen LogP contribution in [0, 0.1) is 0 Å². The summed E-state index contributed by atoms with van der Waals surface area (Å²) < 4.78 is 6.01. The summed E-state index contributed by atoms with van der Waals surface area (Å²) in [6.45, 7) is 2.86. The van der Waals surface area contributed by atoms with Crippen molar-refractivity contribution in [3.63, 3.8) is 0 Å². The van der Waals surface area contributed by atoms with Crippen LogP contribution in [0.5, 0.6) is 0 Å². The third-order valence-corrected chi connectivity index (χ3v) is 3.96. The molecule has 6 nitrogen and oxygen atoms in total. The number of nitrogens with zero attached hydrogens (tertiary/aromatic N) is 4. The summed E-state index contributed by atoms with van der Waals surface area (Å²) in [6.07, 6.45) is 0. The van der Waals surface area contributed by atoms with Crippen LogP contribution in [-0.4, -0.2) is 41.3 Å². The fourth-order valence-corrected chi connectivity index (χ4v) is 2.81. The Hall–Kier alpha value is -1.44. The Bertz CT molecular complexity index is 584. The number of morpholine rings is 1. The quantitative estimate of drug-likeness (QED) is 0.908. The van der Waals surface area contributed by atoms with E-state index in [9.17, 15) is 0 Å². The molecule has 3 rings (SSSR count). The highest BCUT2D eigenvalue weighted by Gasteiger charge is 2.17. The second-order valence-electron chi connectivity index (χ2n) is 4.02. The van der Waals surface area contributed by atoms with Crippen LogP contribution >= 0.6 is 22.9 Å². The van der Waals surface area contributed by atoms with Crippen LogP contribution in [0.4, 0.5) is 11.9 Å². The van der Waals surface area contributed by atoms with E-state index in [1.54, 1.807) is 0 Å². The van der Waals surface area contributed by atoms with Crippen LogP contribution in [0.2, 0.25) is 4.34 Å². The molecule has 2 N–H and O–H groups in total. The van der Waals surface area contributed by atoms with Gasteiger partial charge in [0, 0.05) is 13.1 Å². The highest BCUT2D eigenvalue weighted by Crippen LogP contribution is 2.29. The molecule has 1 saturated heterocycles. The molecule has 1 aliphatic heterocycles. The van der Waals surface area contributed by atoms with Crippen LogP contribution in [0.1, 0.15) is 0 Å². The first-order chi connectivity index (χ1) is 9.22. The van der Waals surface area contributed by atoms with E-state index in [4.69, 9.17) is 22.1 Å². The predicted octanol–water partition coefficient (Wildman–Crippen LogP) is 1.67. The molecule has 0 unspecified atom stereocenters. The smallest absolute Gasteiger partial charge is 0.230 e. The molecule has 0 amide bonds. The third-order valence-electron chi connectivity index (χ3n) is 2.73. The molecule has 0 aliphatic carbocycles. The molecule has 100 valence electrons. The molecule has 19 heavy (non-hydrogen) atoms. The first kappa shape index (κ1) is 12.6. The van der Waals surface area contributed by atoms with Gasteiger partial charge in [0.2, 0.25) is 11.9 Å². The van der Waals surface area contributed by atoms with Gasteiger partial charge in [-0.25, -0.2) is 0 Å². The van der Waals surface area contributed by atoms with Crippen molar-refractivity contribution >= 4 is 34.8 Å². The molecule has 0 bridgehead atoms. The molecular formula is C11H12ClN5OS. The van der Waals surface area contributed by atoms with E-state index in [-0.39, 0.29) is 5.95 Å². The third kappa shape index (κ3) is 2.78.